The smallest absolute Gasteiger partial charge is 0.146 e. The van der Waals surface area contributed by atoms with Crippen molar-refractivity contribution in [1.29, 1.82) is 0 Å². The topological polar surface area (TPSA) is 48.2 Å². The minimum absolute atomic E-state index is 0.169. The zero-order valence-electron chi connectivity index (χ0n) is 7.01. The van der Waals surface area contributed by atoms with E-state index in [0.29, 0.717) is 38.8 Å². The highest BCUT2D eigenvalue weighted by atomic mass is 16.2. The maximum Gasteiger partial charge on any atom is 0.146 e. The maximum atomic E-state index is 11.5. The minimum Gasteiger partial charge on any atom is -0.299 e. The highest BCUT2D eigenvalue weighted by molar-refractivity contribution is 6.12. The quantitative estimate of drug-likeness (QED) is 0.486. The molecule has 0 aromatic carbocycles. The fourth-order valence-corrected chi connectivity index (χ4v) is 2.20. The number of carbonyl (C=O) groups is 2. The van der Waals surface area contributed by atoms with Gasteiger partial charge in [-0.05, 0) is 12.8 Å². The standard InChI is InChI=1S/C9H12NO2/c11-7-1-2-8(12)9(7)3-5-10-6-4-9/h1-6H2. The van der Waals surface area contributed by atoms with Crippen LogP contribution in [-0.4, -0.2) is 24.7 Å². The maximum absolute atomic E-state index is 11.5. The number of Topliss-reactive ketones (excluding diaryl/α,β-unsaturated/α-hetero) is 2. The molecule has 1 radical (unpaired) electrons. The molecule has 1 spiro atoms. The third-order valence-corrected chi connectivity index (χ3v) is 3.04. The lowest BCUT2D eigenvalue weighted by atomic mass is 9.76. The Labute approximate surface area is 71.5 Å². The fraction of sp³-hybridized carbons (Fsp3) is 0.778. The van der Waals surface area contributed by atoms with Crippen molar-refractivity contribution >= 4 is 11.6 Å². The molecule has 12 heavy (non-hydrogen) atoms. The van der Waals surface area contributed by atoms with Crippen molar-refractivity contribution in [2.75, 3.05) is 13.1 Å². The molecule has 1 aliphatic carbocycles. The molecule has 2 rings (SSSR count). The van der Waals surface area contributed by atoms with Crippen molar-refractivity contribution in [3.05, 3.63) is 0 Å². The van der Waals surface area contributed by atoms with E-state index in [4.69, 9.17) is 0 Å². The molecule has 1 saturated carbocycles. The highest BCUT2D eigenvalue weighted by Gasteiger charge is 2.49. The van der Waals surface area contributed by atoms with Crippen molar-refractivity contribution < 1.29 is 9.59 Å². The van der Waals surface area contributed by atoms with E-state index in [1.54, 1.807) is 0 Å². The van der Waals surface area contributed by atoms with Gasteiger partial charge in [0.15, 0.2) is 0 Å². The average Bonchev–Trinajstić information content (AvgIpc) is 2.36. The molecular weight excluding hydrogens is 154 g/mol. The van der Waals surface area contributed by atoms with E-state index in [2.05, 4.69) is 5.32 Å². The first-order valence-electron chi connectivity index (χ1n) is 4.45. The van der Waals surface area contributed by atoms with Crippen molar-refractivity contribution in [2.45, 2.75) is 25.7 Å². The van der Waals surface area contributed by atoms with Crippen molar-refractivity contribution in [3.8, 4) is 0 Å². The van der Waals surface area contributed by atoms with Crippen LogP contribution >= 0.6 is 0 Å². The molecule has 2 fully saturated rings. The molecule has 0 bridgehead atoms. The van der Waals surface area contributed by atoms with E-state index in [9.17, 15) is 9.59 Å². The lowest BCUT2D eigenvalue weighted by molar-refractivity contribution is -0.136. The fourth-order valence-electron chi connectivity index (χ4n) is 2.20. The monoisotopic (exact) mass is 166 g/mol. The van der Waals surface area contributed by atoms with Crippen LogP contribution in [0.2, 0.25) is 0 Å². The number of carbonyl (C=O) groups excluding carboxylic acids is 2. The largest absolute Gasteiger partial charge is 0.299 e. The van der Waals surface area contributed by atoms with Gasteiger partial charge in [-0.1, -0.05) is 0 Å². The molecule has 0 aromatic rings. The van der Waals surface area contributed by atoms with Crippen molar-refractivity contribution in [2.24, 2.45) is 5.41 Å². The van der Waals surface area contributed by atoms with Gasteiger partial charge in [-0.25, -0.2) is 5.32 Å². The number of nitrogens with zero attached hydrogens (tertiary/aromatic N) is 1. The Morgan fingerprint density at radius 1 is 1.00 bits per heavy atom. The van der Waals surface area contributed by atoms with Gasteiger partial charge in [0.25, 0.3) is 0 Å². The summed E-state index contributed by atoms with van der Waals surface area (Å²) in [4.78, 5) is 23.0. The molecule has 65 valence electrons. The van der Waals surface area contributed by atoms with E-state index < -0.39 is 5.41 Å². The number of piperidine rings is 1. The summed E-state index contributed by atoms with van der Waals surface area (Å²) < 4.78 is 0. The summed E-state index contributed by atoms with van der Waals surface area (Å²) in [6.07, 6.45) is 2.28. The molecule has 0 aromatic heterocycles. The third-order valence-electron chi connectivity index (χ3n) is 3.04. The zero-order chi connectivity index (χ0) is 8.60. The van der Waals surface area contributed by atoms with E-state index >= 15 is 0 Å². The SMILES string of the molecule is O=C1CCC(=O)C12CC[N]CC2. The van der Waals surface area contributed by atoms with Gasteiger partial charge in [0.2, 0.25) is 0 Å². The Balaban J connectivity index is 2.26. The van der Waals surface area contributed by atoms with Crippen LogP contribution in [0.15, 0.2) is 0 Å². The van der Waals surface area contributed by atoms with E-state index in [-0.39, 0.29) is 11.6 Å². The second-order valence-corrected chi connectivity index (χ2v) is 3.60. The molecule has 1 saturated heterocycles. The molecule has 0 amide bonds. The van der Waals surface area contributed by atoms with Gasteiger partial charge in [-0.15, -0.1) is 0 Å². The number of rotatable bonds is 0. The summed E-state index contributed by atoms with van der Waals surface area (Å²) >= 11 is 0. The van der Waals surface area contributed by atoms with Gasteiger partial charge in [-0.2, -0.15) is 0 Å². The summed E-state index contributed by atoms with van der Waals surface area (Å²) in [5.74, 6) is 0.338. The second kappa shape index (κ2) is 2.66. The van der Waals surface area contributed by atoms with Crippen LogP contribution in [0.3, 0.4) is 0 Å². The summed E-state index contributed by atoms with van der Waals surface area (Å²) in [6.45, 7) is 1.38. The highest BCUT2D eigenvalue weighted by Crippen LogP contribution is 2.39. The Morgan fingerprint density at radius 2 is 1.50 bits per heavy atom. The Kier molecular flexibility index (Phi) is 1.76. The second-order valence-electron chi connectivity index (χ2n) is 3.60. The van der Waals surface area contributed by atoms with Crippen LogP contribution in [0.1, 0.15) is 25.7 Å². The van der Waals surface area contributed by atoms with Crippen LogP contribution in [-0.2, 0) is 9.59 Å². The van der Waals surface area contributed by atoms with E-state index in [1.165, 1.54) is 0 Å². The molecule has 3 heteroatoms. The molecule has 3 nitrogen and oxygen atoms in total. The van der Waals surface area contributed by atoms with Crippen LogP contribution in [0.5, 0.6) is 0 Å². The normalized spacial score (nSPS) is 28.3. The van der Waals surface area contributed by atoms with Crippen molar-refractivity contribution in [3.63, 3.8) is 0 Å². The molecule has 1 heterocycles. The number of hydrogen-bond acceptors (Lipinski definition) is 2. The van der Waals surface area contributed by atoms with Gasteiger partial charge in [0.05, 0.1) is 5.41 Å². The molecule has 0 atom stereocenters. The molecule has 2 aliphatic rings. The Bertz CT molecular complexity index is 211. The third kappa shape index (κ3) is 0.926. The minimum atomic E-state index is -0.582. The Hall–Kier alpha value is -0.700. The molecule has 0 N–H and O–H groups in total. The lowest BCUT2D eigenvalue weighted by Gasteiger charge is -2.29. The summed E-state index contributed by atoms with van der Waals surface area (Å²) in [7, 11) is 0. The first-order valence-corrected chi connectivity index (χ1v) is 4.45. The number of hydrogen-bond donors (Lipinski definition) is 0. The zero-order valence-corrected chi connectivity index (χ0v) is 7.01. The van der Waals surface area contributed by atoms with Gasteiger partial charge < -0.3 is 0 Å². The van der Waals surface area contributed by atoms with Gasteiger partial charge >= 0.3 is 0 Å². The van der Waals surface area contributed by atoms with Crippen LogP contribution in [0.25, 0.3) is 0 Å². The van der Waals surface area contributed by atoms with Crippen LogP contribution < -0.4 is 5.32 Å². The molecular formula is C9H12NO2. The lowest BCUT2D eigenvalue weighted by Crippen LogP contribution is -2.41. The van der Waals surface area contributed by atoms with Crippen LogP contribution in [0, 0.1) is 5.41 Å². The predicted octanol–water partition coefficient (Wildman–Crippen LogP) is 0.303. The van der Waals surface area contributed by atoms with Gasteiger partial charge in [0.1, 0.15) is 11.6 Å². The summed E-state index contributed by atoms with van der Waals surface area (Å²) in [5.41, 5.74) is -0.582. The van der Waals surface area contributed by atoms with E-state index in [0.717, 1.165) is 0 Å². The van der Waals surface area contributed by atoms with E-state index in [1.807, 2.05) is 0 Å². The van der Waals surface area contributed by atoms with Crippen molar-refractivity contribution in [1.82, 2.24) is 5.32 Å². The first-order chi connectivity index (χ1) is 5.76. The Morgan fingerprint density at radius 3 is 2.00 bits per heavy atom. The van der Waals surface area contributed by atoms with Gasteiger partial charge in [-0.3, -0.25) is 9.59 Å². The predicted molar refractivity (Wildman–Crippen MR) is 42.8 cm³/mol. The van der Waals surface area contributed by atoms with Gasteiger partial charge in [0, 0.05) is 25.9 Å². The number of ketones is 2. The molecule has 1 aliphatic heterocycles. The molecule has 0 unspecified atom stereocenters. The summed E-state index contributed by atoms with van der Waals surface area (Å²) in [6, 6.07) is 0. The summed E-state index contributed by atoms with van der Waals surface area (Å²) in [5, 5.41) is 4.16. The average molecular weight is 166 g/mol. The van der Waals surface area contributed by atoms with Crippen LogP contribution in [0.4, 0.5) is 0 Å². The first kappa shape index (κ1) is 7.92.